The first-order valence-electron chi connectivity index (χ1n) is 6.65. The van der Waals surface area contributed by atoms with Crippen LogP contribution in [0.4, 0.5) is 0 Å². The average molecular weight is 275 g/mol. The third-order valence-corrected chi connectivity index (χ3v) is 3.13. The summed E-state index contributed by atoms with van der Waals surface area (Å²) in [6.07, 6.45) is 2.03. The van der Waals surface area contributed by atoms with Crippen LogP contribution >= 0.6 is 0 Å². The van der Waals surface area contributed by atoms with E-state index < -0.39 is 0 Å². The van der Waals surface area contributed by atoms with Gasteiger partial charge in [0.1, 0.15) is 17.2 Å². The maximum atomic E-state index is 5.46. The summed E-state index contributed by atoms with van der Waals surface area (Å²) in [5.74, 6) is 1.54. The predicted molar refractivity (Wildman–Crippen MR) is 79.1 cm³/mol. The van der Waals surface area contributed by atoms with Gasteiger partial charge in [0, 0.05) is 37.0 Å². The highest BCUT2D eigenvalue weighted by molar-refractivity contribution is 5.71. The van der Waals surface area contributed by atoms with Crippen LogP contribution in [-0.2, 0) is 13.6 Å². The monoisotopic (exact) mass is 275 g/mol. The Morgan fingerprint density at radius 2 is 2.05 bits per heavy atom. The lowest BCUT2D eigenvalue weighted by molar-refractivity contribution is 0.395. The van der Waals surface area contributed by atoms with Gasteiger partial charge in [-0.1, -0.05) is 6.92 Å². The minimum atomic E-state index is 0.765. The van der Waals surface area contributed by atoms with E-state index in [9.17, 15) is 0 Å². The molecule has 0 aliphatic carbocycles. The third kappa shape index (κ3) is 2.93. The van der Waals surface area contributed by atoms with E-state index in [-0.39, 0.29) is 0 Å². The van der Waals surface area contributed by atoms with Gasteiger partial charge in [-0.3, -0.25) is 4.68 Å². The molecule has 0 radical (unpaired) electrons. The standard InChI is InChI=1S/C15H21N3O2/c1-5-16-9-11-10-18(2)17-15(11)13-7-6-12(19-3)8-14(13)20-4/h6-8,10,16H,5,9H2,1-4H3. The number of nitrogens with zero attached hydrogens (tertiary/aromatic N) is 2. The van der Waals surface area contributed by atoms with Crippen LogP contribution in [0.2, 0.25) is 0 Å². The van der Waals surface area contributed by atoms with Gasteiger partial charge in [0.05, 0.1) is 14.2 Å². The van der Waals surface area contributed by atoms with Crippen molar-refractivity contribution in [3.05, 3.63) is 30.0 Å². The molecule has 5 nitrogen and oxygen atoms in total. The Kier molecular flexibility index (Phi) is 4.63. The average Bonchev–Trinajstić information content (AvgIpc) is 2.85. The Balaban J connectivity index is 2.44. The number of aromatic nitrogens is 2. The van der Waals surface area contributed by atoms with Crippen molar-refractivity contribution < 1.29 is 9.47 Å². The van der Waals surface area contributed by atoms with Gasteiger partial charge in [0.2, 0.25) is 0 Å². The van der Waals surface area contributed by atoms with Crippen LogP contribution < -0.4 is 14.8 Å². The van der Waals surface area contributed by atoms with Crippen molar-refractivity contribution in [2.45, 2.75) is 13.5 Å². The van der Waals surface area contributed by atoms with Crippen molar-refractivity contribution >= 4 is 0 Å². The number of hydrogen-bond donors (Lipinski definition) is 1. The predicted octanol–water partition coefficient (Wildman–Crippen LogP) is 2.21. The van der Waals surface area contributed by atoms with E-state index in [1.54, 1.807) is 14.2 Å². The van der Waals surface area contributed by atoms with Gasteiger partial charge in [0.25, 0.3) is 0 Å². The fourth-order valence-corrected chi connectivity index (χ4v) is 2.15. The van der Waals surface area contributed by atoms with E-state index in [0.717, 1.165) is 41.4 Å². The van der Waals surface area contributed by atoms with Gasteiger partial charge in [0.15, 0.2) is 0 Å². The Morgan fingerprint density at radius 1 is 1.25 bits per heavy atom. The maximum absolute atomic E-state index is 5.46. The molecular weight excluding hydrogens is 254 g/mol. The fourth-order valence-electron chi connectivity index (χ4n) is 2.15. The molecule has 20 heavy (non-hydrogen) atoms. The molecule has 0 amide bonds. The van der Waals surface area contributed by atoms with Gasteiger partial charge < -0.3 is 14.8 Å². The number of benzene rings is 1. The molecule has 0 bridgehead atoms. The van der Waals surface area contributed by atoms with Crippen molar-refractivity contribution in [1.29, 1.82) is 0 Å². The first-order valence-corrected chi connectivity index (χ1v) is 6.65. The molecule has 2 rings (SSSR count). The molecule has 0 aliphatic heterocycles. The van der Waals surface area contributed by atoms with Crippen LogP contribution in [0.5, 0.6) is 11.5 Å². The molecule has 1 aromatic heterocycles. The number of ether oxygens (including phenoxy) is 2. The van der Waals surface area contributed by atoms with Crippen molar-refractivity contribution in [3.63, 3.8) is 0 Å². The number of methoxy groups -OCH3 is 2. The minimum absolute atomic E-state index is 0.765. The SMILES string of the molecule is CCNCc1cn(C)nc1-c1ccc(OC)cc1OC. The van der Waals surface area contributed by atoms with Crippen LogP contribution in [0, 0.1) is 0 Å². The van der Waals surface area contributed by atoms with Gasteiger partial charge in [-0.25, -0.2) is 0 Å². The van der Waals surface area contributed by atoms with E-state index in [0.29, 0.717) is 0 Å². The Labute approximate surface area is 119 Å². The zero-order chi connectivity index (χ0) is 14.5. The summed E-state index contributed by atoms with van der Waals surface area (Å²) < 4.78 is 12.5. The number of aryl methyl sites for hydroxylation is 1. The van der Waals surface area contributed by atoms with Crippen LogP contribution in [0.1, 0.15) is 12.5 Å². The molecular formula is C15H21N3O2. The molecule has 0 saturated carbocycles. The Hall–Kier alpha value is -2.01. The summed E-state index contributed by atoms with van der Waals surface area (Å²) in [5.41, 5.74) is 3.06. The minimum Gasteiger partial charge on any atom is -0.497 e. The van der Waals surface area contributed by atoms with Crippen LogP contribution in [0.15, 0.2) is 24.4 Å². The molecule has 0 aliphatic rings. The summed E-state index contributed by atoms with van der Waals surface area (Å²) in [5, 5.41) is 7.88. The first-order chi connectivity index (χ1) is 9.69. The molecule has 0 spiro atoms. The van der Waals surface area contributed by atoms with E-state index in [2.05, 4.69) is 17.3 Å². The summed E-state index contributed by atoms with van der Waals surface area (Å²) in [4.78, 5) is 0. The number of nitrogens with one attached hydrogen (secondary N) is 1. The first kappa shape index (κ1) is 14.4. The second-order valence-corrected chi connectivity index (χ2v) is 4.52. The maximum Gasteiger partial charge on any atom is 0.132 e. The fraction of sp³-hybridized carbons (Fsp3) is 0.400. The smallest absolute Gasteiger partial charge is 0.132 e. The molecule has 1 N–H and O–H groups in total. The Bertz CT molecular complexity index is 578. The molecule has 1 aromatic carbocycles. The lowest BCUT2D eigenvalue weighted by Crippen LogP contribution is -2.11. The van der Waals surface area contributed by atoms with E-state index in [4.69, 9.17) is 9.47 Å². The zero-order valence-electron chi connectivity index (χ0n) is 12.4. The summed E-state index contributed by atoms with van der Waals surface area (Å²) in [6.45, 7) is 3.80. The lowest BCUT2D eigenvalue weighted by Gasteiger charge is -2.10. The van der Waals surface area contributed by atoms with Crippen LogP contribution in [-0.4, -0.2) is 30.5 Å². The molecule has 0 saturated heterocycles. The summed E-state index contributed by atoms with van der Waals surface area (Å²) in [7, 11) is 5.23. The zero-order valence-corrected chi connectivity index (χ0v) is 12.4. The molecule has 108 valence electrons. The van der Waals surface area contributed by atoms with Gasteiger partial charge in [-0.2, -0.15) is 5.10 Å². The molecule has 0 fully saturated rings. The van der Waals surface area contributed by atoms with Crippen molar-refractivity contribution in [3.8, 4) is 22.8 Å². The summed E-state index contributed by atoms with van der Waals surface area (Å²) in [6, 6.07) is 5.78. The molecule has 0 unspecified atom stereocenters. The molecule has 2 aromatic rings. The second kappa shape index (κ2) is 6.43. The lowest BCUT2D eigenvalue weighted by atomic mass is 10.1. The van der Waals surface area contributed by atoms with Gasteiger partial charge in [-0.15, -0.1) is 0 Å². The quantitative estimate of drug-likeness (QED) is 0.878. The molecule has 1 heterocycles. The second-order valence-electron chi connectivity index (χ2n) is 4.52. The van der Waals surface area contributed by atoms with E-state index >= 15 is 0 Å². The normalized spacial score (nSPS) is 10.6. The number of hydrogen-bond acceptors (Lipinski definition) is 4. The third-order valence-electron chi connectivity index (χ3n) is 3.13. The topological polar surface area (TPSA) is 48.3 Å². The largest absolute Gasteiger partial charge is 0.497 e. The van der Waals surface area contributed by atoms with E-state index in [1.807, 2.05) is 36.1 Å². The molecule has 0 atom stereocenters. The highest BCUT2D eigenvalue weighted by Crippen LogP contribution is 2.34. The van der Waals surface area contributed by atoms with Crippen molar-refractivity contribution in [2.24, 2.45) is 7.05 Å². The number of rotatable bonds is 6. The van der Waals surface area contributed by atoms with Gasteiger partial charge >= 0.3 is 0 Å². The Morgan fingerprint density at radius 3 is 2.70 bits per heavy atom. The van der Waals surface area contributed by atoms with Crippen LogP contribution in [0.3, 0.4) is 0 Å². The summed E-state index contributed by atoms with van der Waals surface area (Å²) >= 11 is 0. The van der Waals surface area contributed by atoms with Crippen molar-refractivity contribution in [1.82, 2.24) is 15.1 Å². The highest BCUT2D eigenvalue weighted by Gasteiger charge is 2.15. The van der Waals surface area contributed by atoms with Crippen LogP contribution in [0.25, 0.3) is 11.3 Å². The van der Waals surface area contributed by atoms with E-state index in [1.165, 1.54) is 0 Å². The van der Waals surface area contributed by atoms with Crippen molar-refractivity contribution in [2.75, 3.05) is 20.8 Å². The van der Waals surface area contributed by atoms with Gasteiger partial charge in [-0.05, 0) is 18.7 Å². The highest BCUT2D eigenvalue weighted by atomic mass is 16.5. The molecule has 5 heteroatoms.